The van der Waals surface area contributed by atoms with E-state index in [0.29, 0.717) is 28.8 Å². The summed E-state index contributed by atoms with van der Waals surface area (Å²) in [6, 6.07) is 4.89. The summed E-state index contributed by atoms with van der Waals surface area (Å²) < 4.78 is 0. The number of likely N-dealkylation sites (N-methyl/N-ethyl adjacent to an activating group) is 1. The van der Waals surface area contributed by atoms with Gasteiger partial charge in [-0.15, -0.1) is 0 Å². The molecule has 1 aromatic rings. The van der Waals surface area contributed by atoms with Crippen LogP contribution < -0.4 is 10.6 Å². The minimum atomic E-state index is -0.371. The minimum Gasteiger partial charge on any atom is -0.341 e. The van der Waals surface area contributed by atoms with Gasteiger partial charge in [-0.1, -0.05) is 23.2 Å². The predicted octanol–water partition coefficient (Wildman–Crippen LogP) is 2.15. The van der Waals surface area contributed by atoms with Gasteiger partial charge in [0.15, 0.2) is 0 Å². The number of benzene rings is 1. The van der Waals surface area contributed by atoms with E-state index >= 15 is 0 Å². The molecule has 1 fully saturated rings. The Labute approximate surface area is 139 Å². The summed E-state index contributed by atoms with van der Waals surface area (Å²) in [6.07, 6.45) is 0.185. The first-order chi connectivity index (χ1) is 10.3. The van der Waals surface area contributed by atoms with Gasteiger partial charge in [-0.2, -0.15) is 0 Å². The molecule has 0 aromatic heterocycles. The summed E-state index contributed by atoms with van der Waals surface area (Å²) in [5.41, 5.74) is 6.21. The quantitative estimate of drug-likeness (QED) is 0.910. The minimum absolute atomic E-state index is 0.0581. The van der Waals surface area contributed by atoms with Gasteiger partial charge >= 0.3 is 0 Å². The smallest absolute Gasteiger partial charge is 0.228 e. The van der Waals surface area contributed by atoms with E-state index < -0.39 is 0 Å². The number of carbonyl (C=O) groups is 2. The van der Waals surface area contributed by atoms with E-state index in [2.05, 4.69) is 0 Å². The van der Waals surface area contributed by atoms with Crippen molar-refractivity contribution in [3.8, 4) is 0 Å². The molecule has 1 heterocycles. The number of anilines is 1. The third kappa shape index (κ3) is 3.54. The average molecular weight is 344 g/mol. The van der Waals surface area contributed by atoms with Gasteiger partial charge in [0, 0.05) is 48.3 Å². The molecule has 2 unspecified atom stereocenters. The lowest BCUT2D eigenvalue weighted by Crippen LogP contribution is -2.43. The molecule has 5 nitrogen and oxygen atoms in total. The van der Waals surface area contributed by atoms with Gasteiger partial charge in [-0.3, -0.25) is 9.59 Å². The molecule has 22 heavy (non-hydrogen) atoms. The molecule has 0 bridgehead atoms. The topological polar surface area (TPSA) is 66.6 Å². The Kier molecular flexibility index (Phi) is 5.32. The van der Waals surface area contributed by atoms with Crippen LogP contribution >= 0.6 is 23.2 Å². The molecule has 0 spiro atoms. The average Bonchev–Trinajstić information content (AvgIpc) is 2.85. The van der Waals surface area contributed by atoms with E-state index in [1.807, 2.05) is 6.92 Å². The molecule has 2 amide bonds. The molecule has 1 saturated heterocycles. The second-order valence-corrected chi connectivity index (χ2v) is 6.44. The van der Waals surface area contributed by atoms with Crippen LogP contribution in [0.15, 0.2) is 18.2 Å². The van der Waals surface area contributed by atoms with Crippen molar-refractivity contribution in [3.05, 3.63) is 28.2 Å². The largest absolute Gasteiger partial charge is 0.341 e. The molecule has 7 heteroatoms. The van der Waals surface area contributed by atoms with E-state index in [1.165, 1.54) is 0 Å². The summed E-state index contributed by atoms with van der Waals surface area (Å²) in [4.78, 5) is 27.8. The Balaban J connectivity index is 2.15. The fourth-order valence-electron chi connectivity index (χ4n) is 2.48. The second-order valence-electron chi connectivity index (χ2n) is 5.57. The van der Waals surface area contributed by atoms with E-state index in [0.717, 1.165) is 0 Å². The lowest BCUT2D eigenvalue weighted by molar-refractivity contribution is -0.136. The molecule has 0 aliphatic carbocycles. The van der Waals surface area contributed by atoms with Crippen LogP contribution in [0, 0.1) is 5.92 Å². The van der Waals surface area contributed by atoms with Crippen molar-refractivity contribution in [2.45, 2.75) is 19.4 Å². The first-order valence-electron chi connectivity index (χ1n) is 7.06. The first-order valence-corrected chi connectivity index (χ1v) is 7.82. The maximum atomic E-state index is 12.4. The zero-order valence-corrected chi connectivity index (χ0v) is 14.1. The normalized spacial score (nSPS) is 19.4. The molecule has 2 rings (SSSR count). The van der Waals surface area contributed by atoms with Crippen LogP contribution in [0.5, 0.6) is 0 Å². The number of amides is 2. The molecule has 1 aliphatic heterocycles. The highest BCUT2D eigenvalue weighted by molar-refractivity contribution is 6.35. The monoisotopic (exact) mass is 343 g/mol. The van der Waals surface area contributed by atoms with E-state index in [4.69, 9.17) is 28.9 Å². The Morgan fingerprint density at radius 1 is 1.41 bits per heavy atom. The molecule has 1 aliphatic rings. The van der Waals surface area contributed by atoms with Gasteiger partial charge in [-0.05, 0) is 25.1 Å². The van der Waals surface area contributed by atoms with Gasteiger partial charge in [0.05, 0.1) is 5.92 Å². The van der Waals surface area contributed by atoms with Crippen molar-refractivity contribution >= 4 is 40.7 Å². The Bertz CT molecular complexity index is 574. The van der Waals surface area contributed by atoms with Gasteiger partial charge < -0.3 is 15.5 Å². The van der Waals surface area contributed by atoms with Crippen LogP contribution in [0.2, 0.25) is 10.0 Å². The van der Waals surface area contributed by atoms with E-state index in [-0.39, 0.29) is 30.2 Å². The summed E-state index contributed by atoms with van der Waals surface area (Å²) in [5, 5.41) is 0.915. The predicted molar refractivity (Wildman–Crippen MR) is 88.2 cm³/mol. The molecule has 0 saturated carbocycles. The molecular formula is C15H19Cl2N3O2. The Hall–Kier alpha value is -1.30. The van der Waals surface area contributed by atoms with Crippen LogP contribution in [-0.4, -0.2) is 42.9 Å². The number of nitrogens with two attached hydrogens (primary N) is 1. The zero-order chi connectivity index (χ0) is 16.4. The fourth-order valence-corrected chi connectivity index (χ4v) is 3.00. The summed E-state index contributed by atoms with van der Waals surface area (Å²) >= 11 is 11.9. The highest BCUT2D eigenvalue weighted by Gasteiger charge is 2.37. The number of hydrogen-bond donors (Lipinski definition) is 1. The third-order valence-corrected chi connectivity index (χ3v) is 4.42. The highest BCUT2D eigenvalue weighted by atomic mass is 35.5. The van der Waals surface area contributed by atoms with Gasteiger partial charge in [-0.25, -0.2) is 0 Å². The van der Waals surface area contributed by atoms with Crippen LogP contribution in [0.25, 0.3) is 0 Å². The first kappa shape index (κ1) is 17.1. The van der Waals surface area contributed by atoms with Crippen molar-refractivity contribution in [1.82, 2.24) is 4.90 Å². The van der Waals surface area contributed by atoms with E-state index in [1.54, 1.807) is 35.0 Å². The fraction of sp³-hybridized carbons (Fsp3) is 0.467. The van der Waals surface area contributed by atoms with Crippen molar-refractivity contribution in [2.24, 2.45) is 11.7 Å². The maximum Gasteiger partial charge on any atom is 0.228 e. The third-order valence-electron chi connectivity index (χ3n) is 3.98. The number of carbonyl (C=O) groups excluding carboxylic acids is 2. The molecule has 2 N–H and O–H groups in total. The van der Waals surface area contributed by atoms with Gasteiger partial charge in [0.1, 0.15) is 0 Å². The van der Waals surface area contributed by atoms with Crippen molar-refractivity contribution in [1.29, 1.82) is 0 Å². The SMILES string of the molecule is CC(CN)N(C)C(=O)C1CC(=O)N(c2cc(Cl)cc(Cl)c2)C1. The number of nitrogens with zero attached hydrogens (tertiary/aromatic N) is 2. The Morgan fingerprint density at radius 3 is 2.55 bits per heavy atom. The summed E-state index contributed by atoms with van der Waals surface area (Å²) in [5.74, 6) is -0.545. The molecule has 0 radical (unpaired) electrons. The summed E-state index contributed by atoms with van der Waals surface area (Å²) in [6.45, 7) is 2.59. The summed E-state index contributed by atoms with van der Waals surface area (Å²) in [7, 11) is 1.71. The molecular weight excluding hydrogens is 325 g/mol. The zero-order valence-electron chi connectivity index (χ0n) is 12.6. The standard InChI is InChI=1S/C15H19Cl2N3O2/c1-9(7-18)19(2)15(22)10-3-14(21)20(8-10)13-5-11(16)4-12(17)6-13/h4-6,9-10H,3,7-8,18H2,1-2H3. The van der Waals surface area contributed by atoms with Crippen molar-refractivity contribution in [3.63, 3.8) is 0 Å². The van der Waals surface area contributed by atoms with Crippen molar-refractivity contribution in [2.75, 3.05) is 25.0 Å². The van der Waals surface area contributed by atoms with Crippen LogP contribution in [0.1, 0.15) is 13.3 Å². The van der Waals surface area contributed by atoms with Crippen LogP contribution in [0.4, 0.5) is 5.69 Å². The lowest BCUT2D eigenvalue weighted by atomic mass is 10.1. The highest BCUT2D eigenvalue weighted by Crippen LogP contribution is 2.30. The lowest BCUT2D eigenvalue weighted by Gasteiger charge is -2.26. The van der Waals surface area contributed by atoms with E-state index in [9.17, 15) is 9.59 Å². The van der Waals surface area contributed by atoms with Crippen LogP contribution in [-0.2, 0) is 9.59 Å². The second kappa shape index (κ2) is 6.86. The Morgan fingerprint density at radius 2 is 2.00 bits per heavy atom. The maximum absolute atomic E-state index is 12.4. The van der Waals surface area contributed by atoms with Gasteiger partial charge in [0.25, 0.3) is 0 Å². The molecule has 2 atom stereocenters. The number of halogens is 2. The number of rotatable bonds is 4. The van der Waals surface area contributed by atoms with Crippen LogP contribution in [0.3, 0.4) is 0 Å². The molecule has 1 aromatic carbocycles. The van der Waals surface area contributed by atoms with Gasteiger partial charge in [0.2, 0.25) is 11.8 Å². The molecule has 120 valence electrons. The van der Waals surface area contributed by atoms with Crippen molar-refractivity contribution < 1.29 is 9.59 Å². The number of hydrogen-bond acceptors (Lipinski definition) is 3.